The molecule has 90 valence electrons. The lowest BCUT2D eigenvalue weighted by molar-refractivity contribution is -0.128. The number of benzene rings is 1. The first-order valence-corrected chi connectivity index (χ1v) is 5.50. The highest BCUT2D eigenvalue weighted by Crippen LogP contribution is 2.23. The summed E-state index contributed by atoms with van der Waals surface area (Å²) < 4.78 is 5.53. The number of hydrogen-bond acceptors (Lipinski definition) is 3. The van der Waals surface area contributed by atoms with Gasteiger partial charge in [0.2, 0.25) is 5.90 Å². The number of anilines is 1. The van der Waals surface area contributed by atoms with E-state index in [0.29, 0.717) is 5.90 Å². The minimum atomic E-state index is -0.838. The average molecular weight is 232 g/mol. The summed E-state index contributed by atoms with van der Waals surface area (Å²) in [4.78, 5) is 17.5. The molecule has 1 heterocycles. The molecule has 0 fully saturated rings. The summed E-state index contributed by atoms with van der Waals surface area (Å²) in [6.45, 7) is 3.44. The summed E-state index contributed by atoms with van der Waals surface area (Å²) in [6.07, 6.45) is 0. The van der Waals surface area contributed by atoms with Crippen molar-refractivity contribution < 1.29 is 9.53 Å². The molecular weight excluding hydrogens is 216 g/mol. The summed E-state index contributed by atoms with van der Waals surface area (Å²) in [7, 11) is 3.95. The van der Waals surface area contributed by atoms with E-state index in [1.54, 1.807) is 13.8 Å². The van der Waals surface area contributed by atoms with Gasteiger partial charge in [0, 0.05) is 25.3 Å². The summed E-state index contributed by atoms with van der Waals surface area (Å²) in [6, 6.07) is 7.75. The lowest BCUT2D eigenvalue weighted by Crippen LogP contribution is -2.29. The molecule has 1 aromatic carbocycles. The van der Waals surface area contributed by atoms with Gasteiger partial charge in [-0.3, -0.25) is 4.79 Å². The van der Waals surface area contributed by atoms with Crippen molar-refractivity contribution in [3.8, 4) is 0 Å². The van der Waals surface area contributed by atoms with Crippen molar-refractivity contribution in [2.24, 2.45) is 4.99 Å². The van der Waals surface area contributed by atoms with Crippen LogP contribution in [0.3, 0.4) is 0 Å². The molecule has 1 aliphatic heterocycles. The van der Waals surface area contributed by atoms with Gasteiger partial charge in [0.05, 0.1) is 0 Å². The Balaban J connectivity index is 2.26. The summed E-state index contributed by atoms with van der Waals surface area (Å²) in [5, 5.41) is 0. The molecule has 0 saturated heterocycles. The number of aliphatic imine (C=N–C) groups is 1. The maximum atomic E-state index is 11.5. The molecule has 1 amide bonds. The largest absolute Gasteiger partial charge is 0.461 e. The van der Waals surface area contributed by atoms with Crippen LogP contribution in [0, 0.1) is 0 Å². The van der Waals surface area contributed by atoms with Crippen LogP contribution >= 0.6 is 0 Å². The molecule has 0 atom stereocenters. The second-order valence-corrected chi connectivity index (χ2v) is 4.78. The minimum Gasteiger partial charge on any atom is -0.461 e. The smallest absolute Gasteiger partial charge is 0.292 e. The number of carbonyl (C=O) groups excluding carboxylic acids is 1. The molecule has 2 rings (SSSR count). The van der Waals surface area contributed by atoms with Crippen LogP contribution in [-0.2, 0) is 9.53 Å². The van der Waals surface area contributed by atoms with Gasteiger partial charge in [-0.1, -0.05) is 0 Å². The van der Waals surface area contributed by atoms with Crippen molar-refractivity contribution in [3.05, 3.63) is 29.8 Å². The normalized spacial score (nSPS) is 17.6. The molecular formula is C13H16N2O2. The van der Waals surface area contributed by atoms with E-state index < -0.39 is 5.60 Å². The van der Waals surface area contributed by atoms with Gasteiger partial charge in [0.25, 0.3) is 5.91 Å². The van der Waals surface area contributed by atoms with Crippen LogP contribution in [0.15, 0.2) is 29.3 Å². The van der Waals surface area contributed by atoms with E-state index in [1.807, 2.05) is 43.3 Å². The van der Waals surface area contributed by atoms with E-state index in [0.717, 1.165) is 11.3 Å². The SMILES string of the molecule is CN(C)c1ccc(C2=NC(=O)C(C)(C)O2)cc1. The highest BCUT2D eigenvalue weighted by molar-refractivity contribution is 6.08. The Labute approximate surface area is 101 Å². The number of ether oxygens (including phenoxy) is 1. The third-order valence-electron chi connectivity index (χ3n) is 2.70. The molecule has 0 bridgehead atoms. The number of carbonyl (C=O) groups is 1. The van der Waals surface area contributed by atoms with Crippen LogP contribution < -0.4 is 4.90 Å². The predicted octanol–water partition coefficient (Wildman–Crippen LogP) is 1.83. The Hall–Kier alpha value is -1.84. The van der Waals surface area contributed by atoms with Gasteiger partial charge in [0.15, 0.2) is 5.60 Å². The Bertz CT molecular complexity index is 473. The third kappa shape index (κ3) is 2.16. The highest BCUT2D eigenvalue weighted by Gasteiger charge is 2.37. The van der Waals surface area contributed by atoms with E-state index >= 15 is 0 Å². The number of rotatable bonds is 2. The van der Waals surface area contributed by atoms with Crippen LogP contribution in [0.1, 0.15) is 19.4 Å². The second-order valence-electron chi connectivity index (χ2n) is 4.78. The zero-order valence-corrected chi connectivity index (χ0v) is 10.5. The quantitative estimate of drug-likeness (QED) is 0.781. The van der Waals surface area contributed by atoms with Crippen molar-refractivity contribution in [1.29, 1.82) is 0 Å². The molecule has 0 spiro atoms. The maximum absolute atomic E-state index is 11.5. The van der Waals surface area contributed by atoms with Gasteiger partial charge >= 0.3 is 0 Å². The Morgan fingerprint density at radius 3 is 2.18 bits per heavy atom. The predicted molar refractivity (Wildman–Crippen MR) is 67.5 cm³/mol. The zero-order chi connectivity index (χ0) is 12.6. The first-order chi connectivity index (χ1) is 7.90. The number of hydrogen-bond donors (Lipinski definition) is 0. The van der Waals surface area contributed by atoms with Gasteiger partial charge < -0.3 is 9.64 Å². The first-order valence-electron chi connectivity index (χ1n) is 5.50. The highest BCUT2D eigenvalue weighted by atomic mass is 16.5. The van der Waals surface area contributed by atoms with Crippen LogP contribution in [0.25, 0.3) is 0 Å². The molecule has 1 aromatic rings. The van der Waals surface area contributed by atoms with Gasteiger partial charge in [-0.2, -0.15) is 4.99 Å². The average Bonchev–Trinajstić information content (AvgIpc) is 2.54. The van der Waals surface area contributed by atoms with Gasteiger partial charge in [-0.05, 0) is 38.1 Å². The Morgan fingerprint density at radius 1 is 1.18 bits per heavy atom. The molecule has 0 saturated carbocycles. The topological polar surface area (TPSA) is 41.9 Å². The fourth-order valence-corrected chi connectivity index (χ4v) is 1.56. The van der Waals surface area contributed by atoms with Crippen molar-refractivity contribution >= 4 is 17.5 Å². The number of amides is 1. The monoisotopic (exact) mass is 232 g/mol. The van der Waals surface area contributed by atoms with E-state index in [4.69, 9.17) is 4.74 Å². The van der Waals surface area contributed by atoms with Gasteiger partial charge in [0.1, 0.15) is 0 Å². The first kappa shape index (κ1) is 11.6. The third-order valence-corrected chi connectivity index (χ3v) is 2.70. The second kappa shape index (κ2) is 3.87. The fraction of sp³-hybridized carbons (Fsp3) is 0.385. The van der Waals surface area contributed by atoms with Crippen LogP contribution in [0.4, 0.5) is 5.69 Å². The van der Waals surface area contributed by atoms with E-state index in [9.17, 15) is 4.79 Å². The minimum absolute atomic E-state index is 0.232. The zero-order valence-electron chi connectivity index (χ0n) is 10.5. The molecule has 0 radical (unpaired) electrons. The summed E-state index contributed by atoms with van der Waals surface area (Å²) in [5.41, 5.74) is 1.09. The summed E-state index contributed by atoms with van der Waals surface area (Å²) in [5.74, 6) is 0.175. The van der Waals surface area contributed by atoms with Gasteiger partial charge in [-0.15, -0.1) is 0 Å². The molecule has 1 aliphatic rings. The lowest BCUT2D eigenvalue weighted by Gasteiger charge is -2.16. The number of nitrogens with zero attached hydrogens (tertiary/aromatic N) is 2. The molecule has 4 nitrogen and oxygen atoms in total. The van der Waals surface area contributed by atoms with Crippen LogP contribution in [-0.4, -0.2) is 31.5 Å². The fourth-order valence-electron chi connectivity index (χ4n) is 1.56. The maximum Gasteiger partial charge on any atom is 0.292 e. The molecule has 0 unspecified atom stereocenters. The molecule has 0 aromatic heterocycles. The van der Waals surface area contributed by atoms with Crippen LogP contribution in [0.5, 0.6) is 0 Å². The van der Waals surface area contributed by atoms with Crippen molar-refractivity contribution in [2.45, 2.75) is 19.4 Å². The molecule has 17 heavy (non-hydrogen) atoms. The Morgan fingerprint density at radius 2 is 1.76 bits per heavy atom. The Kier molecular flexibility index (Phi) is 2.65. The molecule has 4 heteroatoms. The van der Waals surface area contributed by atoms with Crippen LogP contribution in [0.2, 0.25) is 0 Å². The van der Waals surface area contributed by atoms with E-state index in [-0.39, 0.29) is 5.91 Å². The standard InChI is InChI=1S/C13H16N2O2/c1-13(2)12(16)14-11(17-13)9-5-7-10(8-6-9)15(3)4/h5-8H,1-4H3. The van der Waals surface area contributed by atoms with Crippen molar-refractivity contribution in [2.75, 3.05) is 19.0 Å². The molecule has 0 aliphatic carbocycles. The summed E-state index contributed by atoms with van der Waals surface area (Å²) >= 11 is 0. The van der Waals surface area contributed by atoms with Crippen molar-refractivity contribution in [1.82, 2.24) is 0 Å². The van der Waals surface area contributed by atoms with E-state index in [2.05, 4.69) is 4.99 Å². The van der Waals surface area contributed by atoms with Crippen molar-refractivity contribution in [3.63, 3.8) is 0 Å². The lowest BCUT2D eigenvalue weighted by atomic mass is 10.1. The van der Waals surface area contributed by atoms with E-state index in [1.165, 1.54) is 0 Å². The molecule has 0 N–H and O–H groups in total. The van der Waals surface area contributed by atoms with Gasteiger partial charge in [-0.25, -0.2) is 0 Å².